The Kier molecular flexibility index (Phi) is 5.07. The molecule has 1 aliphatic carbocycles. The predicted molar refractivity (Wildman–Crippen MR) is 102 cm³/mol. The van der Waals surface area contributed by atoms with Gasteiger partial charge in [-0.25, -0.2) is 0 Å². The van der Waals surface area contributed by atoms with Gasteiger partial charge in [-0.05, 0) is 43.4 Å². The Hall–Kier alpha value is -1.33. The lowest BCUT2D eigenvalue weighted by Crippen LogP contribution is -2.34. The van der Waals surface area contributed by atoms with Gasteiger partial charge >= 0.3 is 0 Å². The Balaban J connectivity index is 0.000000753. The summed E-state index contributed by atoms with van der Waals surface area (Å²) < 4.78 is 0. The molecular weight excluding hydrogens is 322 g/mol. The fourth-order valence-electron chi connectivity index (χ4n) is 3.33. The minimum absolute atomic E-state index is 0.0557. The van der Waals surface area contributed by atoms with E-state index in [4.69, 9.17) is 10.7 Å². The van der Waals surface area contributed by atoms with Crippen molar-refractivity contribution in [3.05, 3.63) is 41.0 Å². The van der Waals surface area contributed by atoms with Crippen molar-refractivity contribution in [2.24, 2.45) is 10.7 Å². The van der Waals surface area contributed by atoms with E-state index in [2.05, 4.69) is 17.1 Å². The summed E-state index contributed by atoms with van der Waals surface area (Å²) in [5.41, 5.74) is 8.59. The van der Waals surface area contributed by atoms with Gasteiger partial charge in [0, 0.05) is 33.5 Å². The van der Waals surface area contributed by atoms with Crippen LogP contribution in [0.4, 0.5) is 0 Å². The Morgan fingerprint density at radius 3 is 2.87 bits per heavy atom. The van der Waals surface area contributed by atoms with E-state index < -0.39 is 0 Å². The second kappa shape index (κ2) is 7.05. The first-order valence-electron chi connectivity index (χ1n) is 8.29. The Morgan fingerprint density at radius 2 is 2.13 bits per heavy atom. The molecule has 4 rings (SSSR count). The standard InChI is InChI=1S/C16H17N3S2.C2H6/c17-15-19-16(6-8-20-15)5-1-4-13-12(16)9-14(21-13)11-3-2-7-18-10-11;1-2/h2-3,7,9-10H,1,4-6,8H2,(H2,17,19);1-2H3. The van der Waals surface area contributed by atoms with E-state index in [-0.39, 0.29) is 5.54 Å². The summed E-state index contributed by atoms with van der Waals surface area (Å²) in [5.74, 6) is 1.08. The summed E-state index contributed by atoms with van der Waals surface area (Å²) in [6.07, 6.45) is 8.38. The fraction of sp³-hybridized carbons (Fsp3) is 0.444. The third-order valence-corrected chi connectivity index (χ3v) is 6.38. The Bertz CT molecular complexity index is 694. The van der Waals surface area contributed by atoms with Crippen molar-refractivity contribution in [3.63, 3.8) is 0 Å². The van der Waals surface area contributed by atoms with Crippen molar-refractivity contribution in [1.29, 1.82) is 0 Å². The Labute approximate surface area is 146 Å². The van der Waals surface area contributed by atoms with Crippen LogP contribution in [0.25, 0.3) is 10.4 Å². The molecule has 2 aliphatic rings. The van der Waals surface area contributed by atoms with E-state index in [0.717, 1.165) is 23.8 Å². The lowest BCUT2D eigenvalue weighted by atomic mass is 9.78. The molecule has 2 aromatic rings. The molecule has 0 fully saturated rings. The molecule has 1 aliphatic heterocycles. The molecule has 0 bridgehead atoms. The van der Waals surface area contributed by atoms with Gasteiger partial charge in [0.15, 0.2) is 5.17 Å². The average Bonchev–Trinajstić information content (AvgIpc) is 3.04. The minimum atomic E-state index is -0.0557. The first kappa shape index (κ1) is 16.5. The van der Waals surface area contributed by atoms with Crippen molar-refractivity contribution in [2.75, 3.05) is 5.75 Å². The summed E-state index contributed by atoms with van der Waals surface area (Å²) in [6, 6.07) is 6.46. The number of pyridine rings is 1. The first-order valence-corrected chi connectivity index (χ1v) is 10.1. The van der Waals surface area contributed by atoms with E-state index in [1.54, 1.807) is 11.8 Å². The molecule has 3 nitrogen and oxygen atoms in total. The normalized spacial score (nSPS) is 22.8. The number of thiophene rings is 1. The van der Waals surface area contributed by atoms with E-state index >= 15 is 0 Å². The molecule has 5 heteroatoms. The third-order valence-electron chi connectivity index (χ3n) is 4.34. The van der Waals surface area contributed by atoms with Crippen LogP contribution in [0.15, 0.2) is 35.6 Å². The number of hydrogen-bond donors (Lipinski definition) is 1. The number of hydrogen-bond acceptors (Lipinski definition) is 5. The van der Waals surface area contributed by atoms with Crippen molar-refractivity contribution < 1.29 is 0 Å². The molecule has 1 unspecified atom stereocenters. The van der Waals surface area contributed by atoms with Gasteiger partial charge < -0.3 is 5.73 Å². The van der Waals surface area contributed by atoms with Gasteiger partial charge in [0.05, 0.1) is 5.54 Å². The highest BCUT2D eigenvalue weighted by molar-refractivity contribution is 8.13. The number of aromatic nitrogens is 1. The average molecular weight is 346 g/mol. The van der Waals surface area contributed by atoms with Gasteiger partial charge in [-0.15, -0.1) is 11.3 Å². The highest BCUT2D eigenvalue weighted by Crippen LogP contribution is 2.48. The molecule has 122 valence electrons. The van der Waals surface area contributed by atoms with Gasteiger partial charge in [-0.2, -0.15) is 0 Å². The molecule has 0 saturated carbocycles. The maximum Gasteiger partial charge on any atom is 0.154 e. The van der Waals surface area contributed by atoms with Gasteiger partial charge in [-0.3, -0.25) is 9.98 Å². The fourth-order valence-corrected chi connectivity index (χ4v) is 5.51. The molecule has 1 spiro atoms. The summed E-state index contributed by atoms with van der Waals surface area (Å²) in [7, 11) is 0. The lowest BCUT2D eigenvalue weighted by molar-refractivity contribution is 0.368. The van der Waals surface area contributed by atoms with Crippen molar-refractivity contribution >= 4 is 28.3 Å². The smallest absolute Gasteiger partial charge is 0.154 e. The molecule has 0 aromatic carbocycles. The van der Waals surface area contributed by atoms with Crippen LogP contribution in [0, 0.1) is 0 Å². The zero-order valence-corrected chi connectivity index (χ0v) is 15.3. The zero-order chi connectivity index (χ0) is 16.3. The highest BCUT2D eigenvalue weighted by atomic mass is 32.2. The van der Waals surface area contributed by atoms with Crippen LogP contribution in [0.1, 0.15) is 43.6 Å². The van der Waals surface area contributed by atoms with Gasteiger partial charge in [-0.1, -0.05) is 31.7 Å². The number of fused-ring (bicyclic) bond motifs is 2. The van der Waals surface area contributed by atoms with Crippen molar-refractivity contribution in [2.45, 2.75) is 45.1 Å². The third kappa shape index (κ3) is 3.17. The number of aliphatic imine (C=N–C) groups is 1. The second-order valence-corrected chi connectivity index (χ2v) is 7.87. The summed E-state index contributed by atoms with van der Waals surface area (Å²) in [6.45, 7) is 4.00. The maximum absolute atomic E-state index is 6.02. The summed E-state index contributed by atoms with van der Waals surface area (Å²) in [5, 5.41) is 0.753. The second-order valence-electron chi connectivity index (χ2n) is 5.62. The molecule has 0 amide bonds. The van der Waals surface area contributed by atoms with E-state index in [1.165, 1.54) is 33.7 Å². The van der Waals surface area contributed by atoms with Gasteiger partial charge in [0.25, 0.3) is 0 Å². The molecule has 0 saturated heterocycles. The van der Waals surface area contributed by atoms with E-state index in [1.807, 2.05) is 43.6 Å². The number of amidine groups is 1. The first-order chi connectivity index (χ1) is 11.3. The lowest BCUT2D eigenvalue weighted by Gasteiger charge is -2.36. The number of nitrogens with zero attached hydrogens (tertiary/aromatic N) is 2. The number of nitrogens with two attached hydrogens (primary N) is 1. The maximum atomic E-state index is 6.02. The monoisotopic (exact) mass is 345 g/mol. The molecular formula is C18H23N3S2. The van der Waals surface area contributed by atoms with Gasteiger partial charge in [0.2, 0.25) is 0 Å². The van der Waals surface area contributed by atoms with Crippen LogP contribution in [0.2, 0.25) is 0 Å². The SMILES string of the molecule is CC.NC1=NC2(CCCc3sc(-c4cccnc4)cc32)CCS1. The van der Waals surface area contributed by atoms with Crippen LogP contribution in [-0.2, 0) is 12.0 Å². The predicted octanol–water partition coefficient (Wildman–Crippen LogP) is 4.82. The summed E-state index contributed by atoms with van der Waals surface area (Å²) >= 11 is 3.59. The van der Waals surface area contributed by atoms with E-state index in [0.29, 0.717) is 0 Å². The molecule has 3 heterocycles. The van der Waals surface area contributed by atoms with E-state index in [9.17, 15) is 0 Å². The van der Waals surface area contributed by atoms with Crippen LogP contribution in [0.3, 0.4) is 0 Å². The van der Waals surface area contributed by atoms with Crippen molar-refractivity contribution in [3.8, 4) is 10.4 Å². The van der Waals surface area contributed by atoms with Gasteiger partial charge in [0.1, 0.15) is 0 Å². The van der Waals surface area contributed by atoms with Crippen molar-refractivity contribution in [1.82, 2.24) is 4.98 Å². The number of rotatable bonds is 1. The quantitative estimate of drug-likeness (QED) is 0.806. The number of thioether (sulfide) groups is 1. The molecule has 0 radical (unpaired) electrons. The summed E-state index contributed by atoms with van der Waals surface area (Å²) in [4.78, 5) is 11.9. The molecule has 2 aromatic heterocycles. The van der Waals surface area contributed by atoms with Crippen LogP contribution in [0.5, 0.6) is 0 Å². The highest BCUT2D eigenvalue weighted by Gasteiger charge is 2.39. The van der Waals surface area contributed by atoms with Crippen LogP contribution in [-0.4, -0.2) is 15.9 Å². The molecule has 1 atom stereocenters. The topological polar surface area (TPSA) is 51.3 Å². The van der Waals surface area contributed by atoms with Crippen LogP contribution >= 0.6 is 23.1 Å². The Morgan fingerprint density at radius 1 is 1.26 bits per heavy atom. The largest absolute Gasteiger partial charge is 0.379 e. The molecule has 2 N–H and O–H groups in total. The zero-order valence-electron chi connectivity index (χ0n) is 13.7. The molecule has 23 heavy (non-hydrogen) atoms. The minimum Gasteiger partial charge on any atom is -0.379 e. The van der Waals surface area contributed by atoms with Crippen LogP contribution < -0.4 is 5.73 Å². The number of aryl methyl sites for hydroxylation is 1.